The van der Waals surface area contributed by atoms with Gasteiger partial charge < -0.3 is 23.8 Å². The number of nitrogens with zero attached hydrogens (tertiary/aromatic N) is 1. The molecule has 0 bridgehead atoms. The zero-order chi connectivity index (χ0) is 14.0. The molecule has 0 N–H and O–H groups in total. The van der Waals surface area contributed by atoms with Crippen LogP contribution in [0, 0.1) is 10.1 Å². The average molecular weight is 365 g/mol. The number of hydrogen-bond donors (Lipinski definition) is 0. The summed E-state index contributed by atoms with van der Waals surface area (Å²) in [6, 6.07) is 3.63. The van der Waals surface area contributed by atoms with Gasteiger partial charge in [0.2, 0.25) is 0 Å². The molecule has 0 spiro atoms. The van der Waals surface area contributed by atoms with E-state index in [9.17, 15) is 33.9 Å². The fraction of sp³-hybridized carbons (Fsp3) is 0. The van der Waals surface area contributed by atoms with E-state index >= 15 is 0 Å². The molecule has 0 heterocycles. The maximum Gasteiger partial charge on any atom is 1.00 e. The Hall–Kier alpha value is 1.72. The third-order valence-corrected chi connectivity index (χ3v) is 3.50. The monoisotopic (exact) mass is 365 g/mol. The second kappa shape index (κ2) is 11.3. The molecule has 15 heteroatoms. The van der Waals surface area contributed by atoms with E-state index in [4.69, 9.17) is 0 Å². The number of hydrogen-bond acceptors (Lipinski definition) is 9. The third-order valence-electron chi connectivity index (χ3n) is 1.46. The van der Waals surface area contributed by atoms with Crippen molar-refractivity contribution >= 4 is 21.3 Å². The predicted octanol–water partition coefficient (Wildman–Crippen LogP) is -9.70. The molecule has 0 aliphatic carbocycles. The second-order valence-electron chi connectivity index (χ2n) is 2.82. The van der Waals surface area contributed by atoms with Gasteiger partial charge in [-0.25, -0.2) is 0 Å². The van der Waals surface area contributed by atoms with Crippen LogP contribution in [0.15, 0.2) is 24.3 Å². The summed E-state index contributed by atoms with van der Waals surface area (Å²) in [4.78, 5) is 40.6. The predicted molar refractivity (Wildman–Crippen MR) is 50.0 cm³/mol. The zero-order valence-electron chi connectivity index (χ0n) is 11.3. The number of rotatable bonds is 5. The number of phosphoric acid groups is 2. The minimum atomic E-state index is -5.76. The maximum absolute atomic E-state index is 10.9. The van der Waals surface area contributed by atoms with Crippen LogP contribution >= 0.6 is 15.6 Å². The summed E-state index contributed by atoms with van der Waals surface area (Å²) in [5.41, 5.74) is -0.331. The second-order valence-corrected chi connectivity index (χ2v) is 5.44. The van der Waals surface area contributed by atoms with Gasteiger partial charge in [0, 0.05) is 12.1 Å². The van der Waals surface area contributed by atoms with Gasteiger partial charge in [0.25, 0.3) is 5.69 Å². The van der Waals surface area contributed by atoms with Gasteiger partial charge in [0.1, 0.15) is 5.75 Å². The molecular formula is C6H4NNa3O9P2. The summed E-state index contributed by atoms with van der Waals surface area (Å²) >= 11 is 0. The summed E-state index contributed by atoms with van der Waals surface area (Å²) in [5.74, 6) is -0.438. The molecule has 0 aromatic heterocycles. The van der Waals surface area contributed by atoms with Crippen LogP contribution < -0.4 is 108 Å². The normalized spacial score (nSPS) is 12.7. The van der Waals surface area contributed by atoms with Crippen molar-refractivity contribution in [3.63, 3.8) is 0 Å². The van der Waals surface area contributed by atoms with Crippen LogP contribution in [0.2, 0.25) is 0 Å². The molecule has 0 radical (unpaired) electrons. The molecule has 21 heavy (non-hydrogen) atoms. The number of benzene rings is 1. The Morgan fingerprint density at radius 1 is 0.952 bits per heavy atom. The van der Waals surface area contributed by atoms with E-state index in [1.165, 1.54) is 0 Å². The Bertz CT molecular complexity index is 547. The molecule has 1 unspecified atom stereocenters. The van der Waals surface area contributed by atoms with Crippen molar-refractivity contribution in [2.75, 3.05) is 0 Å². The standard InChI is InChI=1S/C6H7NO9P2.3Na/c8-7(9)5-1-3-6(4-2-5)15-18(13,14)16-17(10,11)12;;;/h1-4H,(H,13,14)(H2,10,11,12);;;/q;3*+1/p-3. The van der Waals surface area contributed by atoms with Crippen molar-refractivity contribution in [2.24, 2.45) is 0 Å². The van der Waals surface area contributed by atoms with Crippen LogP contribution in [0.5, 0.6) is 5.75 Å². The molecule has 100 valence electrons. The van der Waals surface area contributed by atoms with Gasteiger partial charge in [0.05, 0.1) is 12.7 Å². The fourth-order valence-electron chi connectivity index (χ4n) is 0.897. The molecular weight excluding hydrogens is 361 g/mol. The average Bonchev–Trinajstić information content (AvgIpc) is 2.13. The van der Waals surface area contributed by atoms with Crippen LogP contribution in [-0.4, -0.2) is 4.92 Å². The molecule has 1 atom stereocenters. The molecule has 0 saturated carbocycles. The SMILES string of the molecule is O=[N+]([O-])c1ccc(OP(=O)([O-])OP(=O)([O-])[O-])cc1.[Na+].[Na+].[Na+]. The Labute approximate surface area is 185 Å². The number of phosphoric ester groups is 1. The Morgan fingerprint density at radius 3 is 1.71 bits per heavy atom. The van der Waals surface area contributed by atoms with E-state index in [0.29, 0.717) is 0 Å². The molecule has 0 aliphatic rings. The van der Waals surface area contributed by atoms with Crippen LogP contribution in [-0.2, 0) is 13.4 Å². The summed E-state index contributed by atoms with van der Waals surface area (Å²) in [7, 11) is -11.1. The maximum atomic E-state index is 10.9. The quantitative estimate of drug-likeness (QED) is 0.213. The summed E-state index contributed by atoms with van der Waals surface area (Å²) < 4.78 is 28.3. The topological polar surface area (TPSA) is 165 Å². The molecule has 0 saturated heterocycles. The molecule has 0 fully saturated rings. The van der Waals surface area contributed by atoms with Crippen molar-refractivity contribution in [2.45, 2.75) is 0 Å². The van der Waals surface area contributed by atoms with E-state index < -0.39 is 26.3 Å². The van der Waals surface area contributed by atoms with E-state index in [2.05, 4.69) is 8.83 Å². The van der Waals surface area contributed by atoms with Crippen molar-refractivity contribution in [3.8, 4) is 5.75 Å². The first-order valence-corrected chi connectivity index (χ1v) is 7.00. The van der Waals surface area contributed by atoms with E-state index in [-0.39, 0.29) is 94.4 Å². The van der Waals surface area contributed by atoms with Crippen molar-refractivity contribution < 1.29 is 126 Å². The molecule has 1 aromatic carbocycles. The largest absolute Gasteiger partial charge is 1.00 e. The van der Waals surface area contributed by atoms with Crippen LogP contribution in [0.1, 0.15) is 0 Å². The van der Waals surface area contributed by atoms with Crippen LogP contribution in [0.3, 0.4) is 0 Å². The van der Waals surface area contributed by atoms with Crippen LogP contribution in [0.4, 0.5) is 5.69 Å². The molecule has 1 rings (SSSR count). The van der Waals surface area contributed by atoms with Gasteiger partial charge in [-0.2, -0.15) is 0 Å². The van der Waals surface area contributed by atoms with Crippen molar-refractivity contribution in [3.05, 3.63) is 34.4 Å². The van der Waals surface area contributed by atoms with Gasteiger partial charge in [-0.15, -0.1) is 0 Å². The summed E-state index contributed by atoms with van der Waals surface area (Å²) in [6.07, 6.45) is 0. The van der Waals surface area contributed by atoms with Gasteiger partial charge in [-0.3, -0.25) is 19.0 Å². The van der Waals surface area contributed by atoms with Gasteiger partial charge in [-0.1, -0.05) is 0 Å². The van der Waals surface area contributed by atoms with Crippen molar-refractivity contribution in [1.29, 1.82) is 0 Å². The summed E-state index contributed by atoms with van der Waals surface area (Å²) in [5, 5.41) is 10.3. The first-order chi connectivity index (χ1) is 8.09. The Kier molecular flexibility index (Phi) is 14.8. The van der Waals surface area contributed by atoms with Gasteiger partial charge in [-0.05, 0) is 12.1 Å². The number of non-ortho nitro benzene ring substituents is 1. The van der Waals surface area contributed by atoms with Crippen LogP contribution in [0.25, 0.3) is 0 Å². The fourth-order valence-corrected chi connectivity index (χ4v) is 2.39. The number of nitro benzene ring substituents is 1. The third kappa shape index (κ3) is 11.8. The Balaban J connectivity index is -0.00000108. The van der Waals surface area contributed by atoms with Gasteiger partial charge in [0.15, 0.2) is 0 Å². The molecule has 0 aliphatic heterocycles. The molecule has 1 aromatic rings. The molecule has 10 nitrogen and oxygen atoms in total. The first-order valence-electron chi connectivity index (χ1n) is 4.07. The smallest absolute Gasteiger partial charge is 0.789 e. The number of nitro groups is 1. The summed E-state index contributed by atoms with van der Waals surface area (Å²) in [6.45, 7) is 0. The van der Waals surface area contributed by atoms with E-state index in [1.807, 2.05) is 0 Å². The van der Waals surface area contributed by atoms with E-state index in [1.54, 1.807) is 0 Å². The van der Waals surface area contributed by atoms with Gasteiger partial charge >= 0.3 is 96.5 Å². The zero-order valence-corrected chi connectivity index (χ0v) is 19.1. The Morgan fingerprint density at radius 2 is 1.38 bits per heavy atom. The molecule has 0 amide bonds. The minimum Gasteiger partial charge on any atom is -0.789 e. The first kappa shape index (κ1) is 27.6. The minimum absolute atomic E-state index is 0. The van der Waals surface area contributed by atoms with E-state index in [0.717, 1.165) is 24.3 Å². The van der Waals surface area contributed by atoms with Crippen molar-refractivity contribution in [1.82, 2.24) is 0 Å².